The maximum Gasteiger partial charge on any atom is 0.229 e. The van der Waals surface area contributed by atoms with Gasteiger partial charge in [-0.25, -0.2) is 4.39 Å². The first kappa shape index (κ1) is 14.5. The van der Waals surface area contributed by atoms with Crippen LogP contribution in [-0.4, -0.2) is 10.1 Å². The molecule has 2 rings (SSSR count). The van der Waals surface area contributed by atoms with E-state index in [1.807, 2.05) is 6.92 Å². The van der Waals surface area contributed by atoms with E-state index in [1.54, 1.807) is 6.07 Å². The van der Waals surface area contributed by atoms with E-state index in [9.17, 15) is 4.39 Å². The molecule has 1 atom stereocenters. The minimum absolute atomic E-state index is 0.0413. The normalized spacial score (nSPS) is 12.1. The summed E-state index contributed by atoms with van der Waals surface area (Å²) < 4.78 is 18.1. The number of hydrogen-bond acceptors (Lipinski definition) is 4. The molecule has 0 N–H and O–H groups in total. The van der Waals surface area contributed by atoms with Crippen molar-refractivity contribution >= 4 is 11.6 Å². The third kappa shape index (κ3) is 3.55. The fourth-order valence-electron chi connectivity index (χ4n) is 1.78. The Morgan fingerprint density at radius 1 is 1.50 bits per heavy atom. The maximum absolute atomic E-state index is 13.0. The van der Waals surface area contributed by atoms with Crippen LogP contribution in [0.5, 0.6) is 0 Å². The average Bonchev–Trinajstić information content (AvgIpc) is 2.88. The summed E-state index contributed by atoms with van der Waals surface area (Å²) in [6.07, 6.45) is 1.51. The average molecular weight is 294 g/mol. The Balaban J connectivity index is 2.08. The Labute approximate surface area is 121 Å². The van der Waals surface area contributed by atoms with E-state index in [4.69, 9.17) is 21.4 Å². The van der Waals surface area contributed by atoms with Crippen LogP contribution in [0.15, 0.2) is 22.7 Å². The van der Waals surface area contributed by atoms with Gasteiger partial charge in [0.15, 0.2) is 5.82 Å². The Kier molecular flexibility index (Phi) is 4.70. The zero-order valence-corrected chi connectivity index (χ0v) is 11.7. The van der Waals surface area contributed by atoms with Gasteiger partial charge in [0.25, 0.3) is 0 Å². The Morgan fingerprint density at radius 2 is 2.30 bits per heavy atom. The molecule has 0 saturated heterocycles. The molecule has 104 valence electrons. The molecule has 2 aromatic rings. The summed E-state index contributed by atoms with van der Waals surface area (Å²) in [5.74, 6) is 0.670. The van der Waals surface area contributed by atoms with Gasteiger partial charge in [-0.3, -0.25) is 0 Å². The largest absolute Gasteiger partial charge is 0.339 e. The highest BCUT2D eigenvalue weighted by atomic mass is 35.5. The third-order valence-electron chi connectivity index (χ3n) is 2.96. The molecule has 20 heavy (non-hydrogen) atoms. The first-order chi connectivity index (χ1) is 9.60. The zero-order chi connectivity index (χ0) is 14.5. The molecule has 0 aliphatic carbocycles. The van der Waals surface area contributed by atoms with Crippen LogP contribution < -0.4 is 0 Å². The minimum atomic E-state index is -0.377. The van der Waals surface area contributed by atoms with E-state index in [2.05, 4.69) is 16.2 Å². The fourth-order valence-corrected chi connectivity index (χ4v) is 2.01. The van der Waals surface area contributed by atoms with Crippen LogP contribution in [0.25, 0.3) is 0 Å². The second-order valence-electron chi connectivity index (χ2n) is 4.56. The van der Waals surface area contributed by atoms with Crippen LogP contribution >= 0.6 is 11.6 Å². The van der Waals surface area contributed by atoms with E-state index >= 15 is 0 Å². The quantitative estimate of drug-likeness (QED) is 0.839. The van der Waals surface area contributed by atoms with Crippen molar-refractivity contribution in [2.45, 2.75) is 32.1 Å². The molecular weight excluding hydrogens is 281 g/mol. The molecule has 1 unspecified atom stereocenters. The van der Waals surface area contributed by atoms with Crippen molar-refractivity contribution in [3.8, 4) is 6.07 Å². The standard InChI is InChI=1S/C14H13ClFN3O/c1-9(3-2-6-17)14-18-13(19-20-14)7-10-4-5-11(16)8-12(10)15/h4-5,8-9H,2-3,7H2,1H3. The summed E-state index contributed by atoms with van der Waals surface area (Å²) in [6.45, 7) is 1.93. The van der Waals surface area contributed by atoms with Gasteiger partial charge in [0.2, 0.25) is 5.89 Å². The number of nitrogens with zero attached hydrogens (tertiary/aromatic N) is 3. The molecule has 0 bridgehead atoms. The van der Waals surface area contributed by atoms with Crippen LogP contribution in [0.1, 0.15) is 43.0 Å². The van der Waals surface area contributed by atoms with E-state index in [-0.39, 0.29) is 11.7 Å². The smallest absolute Gasteiger partial charge is 0.229 e. The number of hydrogen-bond donors (Lipinski definition) is 0. The summed E-state index contributed by atoms with van der Waals surface area (Å²) in [4.78, 5) is 4.28. The van der Waals surface area contributed by atoms with Crippen molar-refractivity contribution in [2.24, 2.45) is 0 Å². The van der Waals surface area contributed by atoms with Gasteiger partial charge in [-0.2, -0.15) is 10.2 Å². The molecule has 0 aliphatic rings. The zero-order valence-electron chi connectivity index (χ0n) is 10.9. The molecule has 1 aromatic carbocycles. The monoisotopic (exact) mass is 293 g/mol. The van der Waals surface area contributed by atoms with Gasteiger partial charge in [0.1, 0.15) is 5.82 Å². The lowest BCUT2D eigenvalue weighted by Gasteiger charge is -2.01. The van der Waals surface area contributed by atoms with E-state index in [0.717, 1.165) is 5.56 Å². The number of aromatic nitrogens is 2. The van der Waals surface area contributed by atoms with Crippen molar-refractivity contribution in [2.75, 3.05) is 0 Å². The molecule has 0 amide bonds. The van der Waals surface area contributed by atoms with Crippen LogP contribution in [-0.2, 0) is 6.42 Å². The highest BCUT2D eigenvalue weighted by molar-refractivity contribution is 6.31. The van der Waals surface area contributed by atoms with E-state index in [1.165, 1.54) is 12.1 Å². The minimum Gasteiger partial charge on any atom is -0.339 e. The molecule has 1 heterocycles. The molecule has 0 radical (unpaired) electrons. The first-order valence-corrected chi connectivity index (χ1v) is 6.61. The summed E-state index contributed by atoms with van der Waals surface area (Å²) in [6, 6.07) is 6.29. The molecule has 0 saturated carbocycles. The lowest BCUT2D eigenvalue weighted by Crippen LogP contribution is -1.96. The second-order valence-corrected chi connectivity index (χ2v) is 4.97. The molecule has 4 nitrogen and oxygen atoms in total. The number of halogens is 2. The van der Waals surface area contributed by atoms with Gasteiger partial charge in [-0.1, -0.05) is 29.7 Å². The topological polar surface area (TPSA) is 62.7 Å². The molecule has 6 heteroatoms. The molecule has 1 aromatic heterocycles. The Bertz CT molecular complexity index is 636. The summed E-state index contributed by atoms with van der Waals surface area (Å²) in [7, 11) is 0. The van der Waals surface area contributed by atoms with Crippen LogP contribution in [0.2, 0.25) is 5.02 Å². The summed E-state index contributed by atoms with van der Waals surface area (Å²) in [5, 5.41) is 12.8. The van der Waals surface area contributed by atoms with Gasteiger partial charge >= 0.3 is 0 Å². The molecular formula is C14H13ClFN3O. The highest BCUT2D eigenvalue weighted by Crippen LogP contribution is 2.22. The molecule has 0 aliphatic heterocycles. The van der Waals surface area contributed by atoms with Crippen molar-refractivity contribution in [3.63, 3.8) is 0 Å². The second kappa shape index (κ2) is 6.49. The number of benzene rings is 1. The van der Waals surface area contributed by atoms with Gasteiger partial charge in [0, 0.05) is 23.8 Å². The van der Waals surface area contributed by atoms with E-state index in [0.29, 0.717) is 36.0 Å². The van der Waals surface area contributed by atoms with Gasteiger partial charge in [0.05, 0.1) is 6.07 Å². The van der Waals surface area contributed by atoms with Gasteiger partial charge in [-0.15, -0.1) is 0 Å². The summed E-state index contributed by atoms with van der Waals surface area (Å²) in [5.41, 5.74) is 0.741. The Morgan fingerprint density at radius 3 is 3.00 bits per heavy atom. The van der Waals surface area contributed by atoms with Crippen LogP contribution in [0, 0.1) is 17.1 Å². The third-order valence-corrected chi connectivity index (χ3v) is 3.31. The van der Waals surface area contributed by atoms with Crippen LogP contribution in [0.4, 0.5) is 4.39 Å². The van der Waals surface area contributed by atoms with Gasteiger partial charge < -0.3 is 4.52 Å². The highest BCUT2D eigenvalue weighted by Gasteiger charge is 2.15. The maximum atomic E-state index is 13.0. The number of nitriles is 1. The Hall–Kier alpha value is -1.93. The van der Waals surface area contributed by atoms with Crippen LogP contribution in [0.3, 0.4) is 0 Å². The number of rotatable bonds is 5. The predicted octanol–water partition coefficient (Wildman–Crippen LogP) is 3.86. The lowest BCUT2D eigenvalue weighted by molar-refractivity contribution is 0.351. The molecule has 0 spiro atoms. The van der Waals surface area contributed by atoms with Crippen molar-refractivity contribution in [1.82, 2.24) is 10.1 Å². The van der Waals surface area contributed by atoms with E-state index < -0.39 is 0 Å². The SMILES string of the molecule is CC(CCC#N)c1nc(Cc2ccc(F)cc2Cl)no1. The summed E-state index contributed by atoms with van der Waals surface area (Å²) >= 11 is 5.96. The van der Waals surface area contributed by atoms with Crippen molar-refractivity contribution < 1.29 is 8.91 Å². The van der Waals surface area contributed by atoms with Gasteiger partial charge in [-0.05, 0) is 24.1 Å². The fraction of sp³-hybridized carbons (Fsp3) is 0.357. The van der Waals surface area contributed by atoms with Crippen molar-refractivity contribution in [3.05, 3.63) is 46.3 Å². The predicted molar refractivity (Wildman–Crippen MR) is 71.8 cm³/mol. The van der Waals surface area contributed by atoms with Crippen molar-refractivity contribution in [1.29, 1.82) is 5.26 Å². The lowest BCUT2D eigenvalue weighted by atomic mass is 10.1. The first-order valence-electron chi connectivity index (χ1n) is 6.23. The molecule has 0 fully saturated rings.